The van der Waals surface area contributed by atoms with Crippen LogP contribution in [-0.2, 0) is 26.2 Å². The molecule has 0 heterocycles. The van der Waals surface area contributed by atoms with Crippen molar-refractivity contribution < 1.29 is 18.0 Å². The summed E-state index contributed by atoms with van der Waals surface area (Å²) in [5, 5.41) is 3.58. The van der Waals surface area contributed by atoms with E-state index in [0.29, 0.717) is 15.6 Å². The molecule has 0 saturated carbocycles. The van der Waals surface area contributed by atoms with Gasteiger partial charge in [-0.2, -0.15) is 0 Å². The van der Waals surface area contributed by atoms with Crippen molar-refractivity contribution in [3.63, 3.8) is 0 Å². The maximum absolute atomic E-state index is 13.3. The number of carbonyl (C=O) groups excluding carboxylic acids is 2. The van der Waals surface area contributed by atoms with Crippen LogP contribution in [0.2, 0.25) is 20.1 Å². The summed E-state index contributed by atoms with van der Waals surface area (Å²) in [5.41, 5.74) is 0.702. The molecule has 2 aromatic carbocycles. The summed E-state index contributed by atoms with van der Waals surface area (Å²) in [5.74, 6) is -1.05. The van der Waals surface area contributed by atoms with E-state index < -0.39 is 34.4 Å². The third-order valence-corrected chi connectivity index (χ3v) is 7.11. The van der Waals surface area contributed by atoms with Crippen LogP contribution in [0.1, 0.15) is 12.5 Å². The summed E-state index contributed by atoms with van der Waals surface area (Å²) >= 11 is 24.1. The number of hydrogen-bond acceptors (Lipinski definition) is 4. The van der Waals surface area contributed by atoms with Gasteiger partial charge in [0.05, 0.1) is 22.0 Å². The molecule has 0 radical (unpaired) electrons. The highest BCUT2D eigenvalue weighted by molar-refractivity contribution is 7.92. The zero-order chi connectivity index (χ0) is 24.2. The maximum Gasteiger partial charge on any atom is 0.244 e. The van der Waals surface area contributed by atoms with Crippen molar-refractivity contribution in [3.05, 3.63) is 62.1 Å². The minimum atomic E-state index is -3.87. The molecule has 32 heavy (non-hydrogen) atoms. The number of rotatable bonds is 8. The molecule has 1 N–H and O–H groups in total. The molecule has 0 fully saturated rings. The lowest BCUT2D eigenvalue weighted by atomic mass is 10.1. The van der Waals surface area contributed by atoms with Gasteiger partial charge in [-0.1, -0.05) is 52.5 Å². The maximum atomic E-state index is 13.3. The molecule has 2 rings (SSSR count). The summed E-state index contributed by atoms with van der Waals surface area (Å²) in [4.78, 5) is 26.8. The Hall–Kier alpha value is -1.71. The Bertz CT molecular complexity index is 1130. The van der Waals surface area contributed by atoms with E-state index in [9.17, 15) is 18.0 Å². The van der Waals surface area contributed by atoms with Crippen LogP contribution in [0.3, 0.4) is 0 Å². The van der Waals surface area contributed by atoms with Crippen molar-refractivity contribution in [1.82, 2.24) is 10.2 Å². The van der Waals surface area contributed by atoms with E-state index in [1.165, 1.54) is 43.1 Å². The second-order valence-electron chi connectivity index (χ2n) is 6.92. The van der Waals surface area contributed by atoms with Crippen LogP contribution in [0.5, 0.6) is 0 Å². The average Bonchev–Trinajstić information content (AvgIpc) is 2.71. The first-order valence-corrected chi connectivity index (χ1v) is 12.6. The Morgan fingerprint density at radius 3 is 2.19 bits per heavy atom. The molecule has 0 spiro atoms. The van der Waals surface area contributed by atoms with Crippen LogP contribution in [0, 0.1) is 0 Å². The van der Waals surface area contributed by atoms with Gasteiger partial charge in [-0.3, -0.25) is 13.9 Å². The zero-order valence-electron chi connectivity index (χ0n) is 17.4. The monoisotopic (exact) mass is 539 g/mol. The van der Waals surface area contributed by atoms with Gasteiger partial charge in [-0.15, -0.1) is 0 Å². The number of benzene rings is 2. The molecular weight excluding hydrogens is 520 g/mol. The van der Waals surface area contributed by atoms with E-state index in [2.05, 4.69) is 5.32 Å². The first kappa shape index (κ1) is 26.5. The van der Waals surface area contributed by atoms with Crippen LogP contribution in [-0.4, -0.2) is 51.0 Å². The zero-order valence-corrected chi connectivity index (χ0v) is 21.2. The van der Waals surface area contributed by atoms with Gasteiger partial charge in [0.25, 0.3) is 0 Å². The lowest BCUT2D eigenvalue weighted by Crippen LogP contribution is -2.50. The highest BCUT2D eigenvalue weighted by Gasteiger charge is 2.30. The summed E-state index contributed by atoms with van der Waals surface area (Å²) in [7, 11) is -2.43. The number of amides is 2. The molecule has 0 unspecified atom stereocenters. The number of nitrogens with zero attached hydrogens (tertiary/aromatic N) is 2. The highest BCUT2D eigenvalue weighted by Crippen LogP contribution is 2.29. The summed E-state index contributed by atoms with van der Waals surface area (Å²) in [6, 6.07) is 8.06. The van der Waals surface area contributed by atoms with Gasteiger partial charge in [-0.25, -0.2) is 8.42 Å². The normalized spacial score (nSPS) is 12.2. The molecule has 0 aliphatic carbocycles. The predicted octanol–water partition coefficient (Wildman–Crippen LogP) is 4.23. The molecule has 2 amide bonds. The van der Waals surface area contributed by atoms with E-state index in [1.54, 1.807) is 12.1 Å². The van der Waals surface area contributed by atoms with Crippen LogP contribution in [0.25, 0.3) is 0 Å². The summed E-state index contributed by atoms with van der Waals surface area (Å²) < 4.78 is 25.8. The first-order valence-electron chi connectivity index (χ1n) is 9.23. The van der Waals surface area contributed by atoms with E-state index in [1.807, 2.05) is 0 Å². The van der Waals surface area contributed by atoms with Gasteiger partial charge >= 0.3 is 0 Å². The Morgan fingerprint density at radius 1 is 1.00 bits per heavy atom. The molecule has 0 aromatic heterocycles. The van der Waals surface area contributed by atoms with E-state index in [4.69, 9.17) is 46.4 Å². The van der Waals surface area contributed by atoms with Crippen molar-refractivity contribution >= 4 is 73.9 Å². The number of sulfonamides is 1. The largest absolute Gasteiger partial charge is 0.357 e. The lowest BCUT2D eigenvalue weighted by molar-refractivity contribution is -0.139. The molecule has 7 nitrogen and oxygen atoms in total. The SMILES string of the molecule is CNC(=O)[C@H](C)N(Cc1ccc(Cl)cc1Cl)C(=O)CN(c1ccc(Cl)c(Cl)c1)S(C)(=O)=O. The second kappa shape index (κ2) is 10.9. The number of halogens is 4. The van der Waals surface area contributed by atoms with Gasteiger partial charge < -0.3 is 10.2 Å². The molecule has 1 atom stereocenters. The van der Waals surface area contributed by atoms with E-state index in [0.717, 1.165) is 10.6 Å². The topological polar surface area (TPSA) is 86.8 Å². The number of likely N-dealkylation sites (N-methyl/N-ethyl adjacent to an activating group) is 1. The number of carbonyl (C=O) groups is 2. The van der Waals surface area contributed by atoms with Crippen molar-refractivity contribution in [2.75, 3.05) is 24.2 Å². The molecule has 0 aliphatic heterocycles. The quantitative estimate of drug-likeness (QED) is 0.542. The molecule has 0 aliphatic rings. The fourth-order valence-corrected chi connectivity index (χ4v) is 4.48. The Balaban J connectivity index is 2.43. The van der Waals surface area contributed by atoms with Crippen LogP contribution < -0.4 is 9.62 Å². The Morgan fingerprint density at radius 2 is 1.66 bits per heavy atom. The average molecular weight is 541 g/mol. The number of anilines is 1. The van der Waals surface area contributed by atoms with Crippen molar-refractivity contribution in [1.29, 1.82) is 0 Å². The van der Waals surface area contributed by atoms with Gasteiger partial charge in [-0.05, 0) is 42.8 Å². The Labute approximate surface area is 207 Å². The summed E-state index contributed by atoms with van der Waals surface area (Å²) in [6.45, 7) is 0.927. The van der Waals surface area contributed by atoms with Gasteiger partial charge in [0.2, 0.25) is 21.8 Å². The second-order valence-corrected chi connectivity index (χ2v) is 10.5. The predicted molar refractivity (Wildman–Crippen MR) is 129 cm³/mol. The fourth-order valence-electron chi connectivity index (χ4n) is 2.88. The van der Waals surface area contributed by atoms with Gasteiger partial charge in [0.1, 0.15) is 12.6 Å². The van der Waals surface area contributed by atoms with Gasteiger partial charge in [0.15, 0.2) is 0 Å². The minimum Gasteiger partial charge on any atom is -0.357 e. The molecule has 2 aromatic rings. The Kier molecular flexibility index (Phi) is 9.07. The highest BCUT2D eigenvalue weighted by atomic mass is 35.5. The first-order chi connectivity index (χ1) is 14.8. The van der Waals surface area contributed by atoms with Crippen LogP contribution in [0.15, 0.2) is 36.4 Å². The number of nitrogens with one attached hydrogen (secondary N) is 1. The molecule has 0 bridgehead atoms. The summed E-state index contributed by atoms with van der Waals surface area (Å²) in [6.07, 6.45) is 0.964. The minimum absolute atomic E-state index is 0.0393. The molecule has 174 valence electrons. The smallest absolute Gasteiger partial charge is 0.244 e. The van der Waals surface area contributed by atoms with Gasteiger partial charge in [0, 0.05) is 23.6 Å². The fraction of sp³-hybridized carbons (Fsp3) is 0.300. The van der Waals surface area contributed by atoms with Crippen molar-refractivity contribution in [3.8, 4) is 0 Å². The molecule has 0 saturated heterocycles. The molecule has 12 heteroatoms. The number of hydrogen-bond donors (Lipinski definition) is 1. The van der Waals surface area contributed by atoms with Crippen molar-refractivity contribution in [2.45, 2.75) is 19.5 Å². The van der Waals surface area contributed by atoms with E-state index in [-0.39, 0.29) is 22.3 Å². The third-order valence-electron chi connectivity index (χ3n) is 4.64. The van der Waals surface area contributed by atoms with Crippen LogP contribution in [0.4, 0.5) is 5.69 Å². The third kappa shape index (κ3) is 6.65. The van der Waals surface area contributed by atoms with E-state index >= 15 is 0 Å². The van der Waals surface area contributed by atoms with Crippen molar-refractivity contribution in [2.24, 2.45) is 0 Å². The molecular formula is C20H21Cl4N3O4S. The van der Waals surface area contributed by atoms with Crippen LogP contribution >= 0.6 is 46.4 Å². The lowest BCUT2D eigenvalue weighted by Gasteiger charge is -2.31. The standard InChI is InChI=1S/C20H21Cl4N3O4S/c1-12(20(29)25-2)26(10-13-4-5-14(21)8-17(13)23)19(28)11-27(32(3,30)31)15-6-7-16(22)18(24)9-15/h4-9,12H,10-11H2,1-3H3,(H,25,29)/t12-/m0/s1.